The van der Waals surface area contributed by atoms with E-state index in [0.29, 0.717) is 5.02 Å². The number of ether oxygens (including phenoxy) is 2. The molecule has 1 aliphatic rings. The molecule has 2 rings (SSSR count). The highest BCUT2D eigenvalue weighted by Crippen LogP contribution is 2.31. The van der Waals surface area contributed by atoms with E-state index in [4.69, 9.17) is 37.8 Å². The van der Waals surface area contributed by atoms with Crippen molar-refractivity contribution in [3.63, 3.8) is 0 Å². The van der Waals surface area contributed by atoms with Gasteiger partial charge in [-0.15, -0.1) is 0 Å². The van der Waals surface area contributed by atoms with E-state index in [1.165, 1.54) is 18.2 Å². The minimum absolute atomic E-state index is 0.195. The lowest BCUT2D eigenvalue weighted by Gasteiger charge is -2.39. The van der Waals surface area contributed by atoms with Gasteiger partial charge in [0.1, 0.15) is 30.2 Å². The van der Waals surface area contributed by atoms with Gasteiger partial charge >= 0.3 is 0 Å². The molecular weight excluding hydrogens is 311 g/mol. The van der Waals surface area contributed by atoms with Gasteiger partial charge in [0.25, 0.3) is 0 Å². The van der Waals surface area contributed by atoms with E-state index in [9.17, 15) is 15.3 Å². The van der Waals surface area contributed by atoms with Gasteiger partial charge in [0.15, 0.2) is 0 Å². The van der Waals surface area contributed by atoms with Crippen LogP contribution in [0.5, 0.6) is 5.75 Å². The van der Waals surface area contributed by atoms with Crippen LogP contribution >= 0.6 is 23.2 Å². The van der Waals surface area contributed by atoms with E-state index in [-0.39, 0.29) is 10.8 Å². The van der Waals surface area contributed by atoms with E-state index < -0.39 is 37.3 Å². The molecular formula is C12H14Cl2O6. The van der Waals surface area contributed by atoms with Crippen molar-refractivity contribution in [1.29, 1.82) is 0 Å². The molecule has 0 radical (unpaired) electrons. The number of benzene rings is 1. The Morgan fingerprint density at radius 3 is 2.40 bits per heavy atom. The fourth-order valence-electron chi connectivity index (χ4n) is 1.86. The third-order valence-corrected chi connectivity index (χ3v) is 3.52. The number of rotatable bonds is 3. The molecule has 1 aliphatic heterocycles. The van der Waals surface area contributed by atoms with Crippen molar-refractivity contribution in [2.45, 2.75) is 30.7 Å². The van der Waals surface area contributed by atoms with Gasteiger partial charge in [-0.1, -0.05) is 23.2 Å². The van der Waals surface area contributed by atoms with Crippen molar-refractivity contribution >= 4 is 23.2 Å². The van der Waals surface area contributed by atoms with Crippen LogP contribution in [-0.2, 0) is 4.74 Å². The first-order valence-electron chi connectivity index (χ1n) is 5.86. The second-order valence-electron chi connectivity index (χ2n) is 4.39. The van der Waals surface area contributed by atoms with Crippen molar-refractivity contribution in [2.24, 2.45) is 0 Å². The van der Waals surface area contributed by atoms with E-state index in [1.54, 1.807) is 0 Å². The molecule has 1 fully saturated rings. The van der Waals surface area contributed by atoms with E-state index in [0.717, 1.165) is 0 Å². The van der Waals surface area contributed by atoms with Gasteiger partial charge in [-0.2, -0.15) is 0 Å². The first-order valence-corrected chi connectivity index (χ1v) is 6.62. The standard InChI is InChI=1S/C12H14Cl2O6/c13-5-1-2-7(6(14)3-5)19-12-11(18)10(17)9(16)8(4-15)20-12/h1-3,8-12,15-18H,4H2/t8-,9+,10+,11-,12-/m0/s1. The Bertz CT molecular complexity index is 469. The summed E-state index contributed by atoms with van der Waals surface area (Å²) in [6, 6.07) is 4.46. The molecule has 0 aliphatic carbocycles. The molecule has 0 spiro atoms. The molecule has 4 N–H and O–H groups in total. The second-order valence-corrected chi connectivity index (χ2v) is 5.23. The lowest BCUT2D eigenvalue weighted by atomic mass is 9.99. The van der Waals surface area contributed by atoms with Crippen molar-refractivity contribution < 1.29 is 29.9 Å². The predicted molar refractivity (Wildman–Crippen MR) is 70.9 cm³/mol. The number of hydrogen-bond acceptors (Lipinski definition) is 6. The molecule has 112 valence electrons. The minimum Gasteiger partial charge on any atom is -0.460 e. The van der Waals surface area contributed by atoms with Crippen LogP contribution < -0.4 is 4.74 Å². The molecule has 0 unspecified atom stereocenters. The van der Waals surface area contributed by atoms with Crippen molar-refractivity contribution in [3.05, 3.63) is 28.2 Å². The van der Waals surface area contributed by atoms with Gasteiger partial charge in [0.05, 0.1) is 11.6 Å². The molecule has 0 amide bonds. The molecule has 5 atom stereocenters. The van der Waals surface area contributed by atoms with Gasteiger partial charge in [-0.25, -0.2) is 0 Å². The van der Waals surface area contributed by atoms with Crippen molar-refractivity contribution in [1.82, 2.24) is 0 Å². The van der Waals surface area contributed by atoms with E-state index >= 15 is 0 Å². The normalized spacial score (nSPS) is 34.0. The zero-order chi connectivity index (χ0) is 14.9. The summed E-state index contributed by atoms with van der Waals surface area (Å²) in [7, 11) is 0. The summed E-state index contributed by atoms with van der Waals surface area (Å²) < 4.78 is 10.6. The topological polar surface area (TPSA) is 99.4 Å². The molecule has 20 heavy (non-hydrogen) atoms. The van der Waals surface area contributed by atoms with Crippen LogP contribution in [0.15, 0.2) is 18.2 Å². The number of aliphatic hydroxyl groups excluding tert-OH is 4. The zero-order valence-electron chi connectivity index (χ0n) is 10.2. The van der Waals surface area contributed by atoms with Crippen LogP contribution in [0, 0.1) is 0 Å². The summed E-state index contributed by atoms with van der Waals surface area (Å²) in [6.45, 7) is -0.529. The first kappa shape index (κ1) is 15.8. The maximum Gasteiger partial charge on any atom is 0.229 e. The molecule has 1 aromatic rings. The fraction of sp³-hybridized carbons (Fsp3) is 0.500. The quantitative estimate of drug-likeness (QED) is 0.632. The third kappa shape index (κ3) is 3.17. The summed E-state index contributed by atoms with van der Waals surface area (Å²) in [5.74, 6) is 0.195. The second kappa shape index (κ2) is 6.44. The van der Waals surface area contributed by atoms with Gasteiger partial charge in [-0.05, 0) is 18.2 Å². The Labute approximate surface area is 125 Å². The summed E-state index contributed by atoms with van der Waals surface area (Å²) in [4.78, 5) is 0. The molecule has 0 saturated carbocycles. The first-order chi connectivity index (χ1) is 9.43. The highest BCUT2D eigenvalue weighted by atomic mass is 35.5. The SMILES string of the molecule is OC[C@@H]1O[C@H](Oc2ccc(Cl)cc2Cl)[C@@H](O)[C@H](O)[C@@H]1O. The van der Waals surface area contributed by atoms with Gasteiger partial charge in [-0.3, -0.25) is 0 Å². The Kier molecular flexibility index (Phi) is 5.09. The fourth-order valence-corrected chi connectivity index (χ4v) is 2.31. The highest BCUT2D eigenvalue weighted by Gasteiger charge is 2.44. The lowest BCUT2D eigenvalue weighted by molar-refractivity contribution is -0.277. The van der Waals surface area contributed by atoms with Gasteiger partial charge in [0, 0.05) is 5.02 Å². The smallest absolute Gasteiger partial charge is 0.229 e. The number of aliphatic hydroxyl groups is 4. The van der Waals surface area contributed by atoms with Crippen LogP contribution in [0.1, 0.15) is 0 Å². The molecule has 0 bridgehead atoms. The molecule has 1 aromatic carbocycles. The predicted octanol–water partition coefficient (Wildman–Crippen LogP) is 0.172. The van der Waals surface area contributed by atoms with Crippen molar-refractivity contribution in [3.8, 4) is 5.75 Å². The summed E-state index contributed by atoms with van der Waals surface area (Å²) in [5, 5.41) is 38.8. The Morgan fingerprint density at radius 1 is 1.10 bits per heavy atom. The molecule has 6 nitrogen and oxygen atoms in total. The Balaban J connectivity index is 2.15. The van der Waals surface area contributed by atoms with Gasteiger partial charge in [0.2, 0.25) is 6.29 Å². The number of hydrogen-bond donors (Lipinski definition) is 4. The average Bonchev–Trinajstić information content (AvgIpc) is 2.42. The molecule has 1 heterocycles. The van der Waals surface area contributed by atoms with Crippen LogP contribution in [0.2, 0.25) is 10.0 Å². The van der Waals surface area contributed by atoms with Crippen LogP contribution in [0.3, 0.4) is 0 Å². The Hall–Kier alpha value is -0.600. The van der Waals surface area contributed by atoms with E-state index in [2.05, 4.69) is 0 Å². The maximum absolute atomic E-state index is 9.82. The summed E-state index contributed by atoms with van der Waals surface area (Å²) in [5.41, 5.74) is 0. The van der Waals surface area contributed by atoms with Crippen molar-refractivity contribution in [2.75, 3.05) is 6.61 Å². The highest BCUT2D eigenvalue weighted by molar-refractivity contribution is 6.35. The zero-order valence-corrected chi connectivity index (χ0v) is 11.7. The summed E-state index contributed by atoms with van der Waals surface area (Å²) in [6.07, 6.45) is -6.74. The van der Waals surface area contributed by atoms with Crippen LogP contribution in [-0.4, -0.2) is 57.7 Å². The van der Waals surface area contributed by atoms with Crippen LogP contribution in [0.25, 0.3) is 0 Å². The molecule has 8 heteroatoms. The minimum atomic E-state index is -1.50. The summed E-state index contributed by atoms with van der Waals surface area (Å²) >= 11 is 11.7. The lowest BCUT2D eigenvalue weighted by Crippen LogP contribution is -2.60. The third-order valence-electron chi connectivity index (χ3n) is 2.99. The molecule has 0 aromatic heterocycles. The molecule has 1 saturated heterocycles. The Morgan fingerprint density at radius 2 is 1.80 bits per heavy atom. The largest absolute Gasteiger partial charge is 0.460 e. The van der Waals surface area contributed by atoms with Gasteiger partial charge < -0.3 is 29.9 Å². The maximum atomic E-state index is 9.82. The monoisotopic (exact) mass is 324 g/mol. The van der Waals surface area contributed by atoms with E-state index in [1.807, 2.05) is 0 Å². The average molecular weight is 325 g/mol. The number of halogens is 2. The van der Waals surface area contributed by atoms with Crippen LogP contribution in [0.4, 0.5) is 0 Å².